The predicted octanol–water partition coefficient (Wildman–Crippen LogP) is 2.94. The van der Waals surface area contributed by atoms with Crippen LogP contribution in [0.2, 0.25) is 0 Å². The molecule has 0 aromatic carbocycles. The van der Waals surface area contributed by atoms with Crippen LogP contribution in [0.1, 0.15) is 36.8 Å². The molecule has 1 aliphatic rings. The molecule has 2 heteroatoms. The zero-order valence-electron chi connectivity index (χ0n) is 8.57. The molecule has 0 amide bonds. The lowest BCUT2D eigenvalue weighted by Gasteiger charge is -2.21. The summed E-state index contributed by atoms with van der Waals surface area (Å²) in [6, 6.07) is 3.99. The summed E-state index contributed by atoms with van der Waals surface area (Å²) >= 11 is 0. The fourth-order valence-corrected chi connectivity index (χ4v) is 1.98. The zero-order chi connectivity index (χ0) is 9.97. The fourth-order valence-electron chi connectivity index (χ4n) is 1.98. The molecular weight excluding hydrogens is 174 g/mol. The quantitative estimate of drug-likeness (QED) is 0.730. The van der Waals surface area contributed by atoms with Gasteiger partial charge < -0.3 is 10.2 Å². The molecule has 0 spiro atoms. The van der Waals surface area contributed by atoms with Crippen LogP contribution in [0, 0.1) is 12.8 Å². The van der Waals surface area contributed by atoms with E-state index in [1.165, 1.54) is 19.3 Å². The molecular formula is C12H17NO. The standard InChI is InChI=1S/C12H17NO/c1-9-7-8-11(14-9)12(13)10-5-3-2-4-6-10/h3,5,7-8,10,12H,2,4,6,13H2,1H3/t10-,12?/m1/s1. The van der Waals surface area contributed by atoms with Gasteiger partial charge in [-0.15, -0.1) is 0 Å². The third-order valence-electron chi connectivity index (χ3n) is 2.84. The first kappa shape index (κ1) is 9.53. The zero-order valence-corrected chi connectivity index (χ0v) is 8.57. The molecule has 76 valence electrons. The Labute approximate surface area is 84.8 Å². The highest BCUT2D eigenvalue weighted by molar-refractivity contribution is 5.13. The van der Waals surface area contributed by atoms with Crippen LogP contribution in [0.25, 0.3) is 0 Å². The second kappa shape index (κ2) is 4.01. The van der Waals surface area contributed by atoms with Crippen molar-refractivity contribution in [2.75, 3.05) is 0 Å². The second-order valence-electron chi connectivity index (χ2n) is 4.00. The predicted molar refractivity (Wildman–Crippen MR) is 56.9 cm³/mol. The molecule has 0 fully saturated rings. The largest absolute Gasteiger partial charge is 0.465 e. The maximum absolute atomic E-state index is 6.14. The molecule has 1 heterocycles. The molecule has 2 rings (SSSR count). The van der Waals surface area contributed by atoms with E-state index in [-0.39, 0.29) is 6.04 Å². The highest BCUT2D eigenvalue weighted by atomic mass is 16.3. The van der Waals surface area contributed by atoms with E-state index in [0.29, 0.717) is 5.92 Å². The lowest BCUT2D eigenvalue weighted by molar-refractivity contribution is 0.373. The fraction of sp³-hybridized carbons (Fsp3) is 0.500. The van der Waals surface area contributed by atoms with Crippen LogP contribution < -0.4 is 5.73 Å². The molecule has 1 aliphatic carbocycles. The summed E-state index contributed by atoms with van der Waals surface area (Å²) in [7, 11) is 0. The van der Waals surface area contributed by atoms with Gasteiger partial charge >= 0.3 is 0 Å². The summed E-state index contributed by atoms with van der Waals surface area (Å²) in [5.41, 5.74) is 6.14. The van der Waals surface area contributed by atoms with E-state index < -0.39 is 0 Å². The van der Waals surface area contributed by atoms with E-state index in [2.05, 4.69) is 12.2 Å². The molecule has 2 N–H and O–H groups in total. The van der Waals surface area contributed by atoms with Gasteiger partial charge in [0.05, 0.1) is 6.04 Å². The monoisotopic (exact) mass is 191 g/mol. The average Bonchev–Trinajstić information content (AvgIpc) is 2.65. The van der Waals surface area contributed by atoms with Gasteiger partial charge in [-0.2, -0.15) is 0 Å². The van der Waals surface area contributed by atoms with E-state index in [9.17, 15) is 0 Å². The Bertz CT molecular complexity index is 327. The van der Waals surface area contributed by atoms with Gasteiger partial charge in [0.15, 0.2) is 0 Å². The normalized spacial score (nSPS) is 23.7. The topological polar surface area (TPSA) is 39.2 Å². The van der Waals surface area contributed by atoms with E-state index in [1.54, 1.807) is 0 Å². The van der Waals surface area contributed by atoms with Gasteiger partial charge in [0.1, 0.15) is 11.5 Å². The van der Waals surface area contributed by atoms with Crippen molar-refractivity contribution < 1.29 is 4.42 Å². The van der Waals surface area contributed by atoms with Crippen LogP contribution in [0.3, 0.4) is 0 Å². The van der Waals surface area contributed by atoms with Crippen molar-refractivity contribution in [2.24, 2.45) is 11.7 Å². The summed E-state index contributed by atoms with van der Waals surface area (Å²) in [5.74, 6) is 2.31. The molecule has 0 saturated heterocycles. The number of hydrogen-bond acceptors (Lipinski definition) is 2. The van der Waals surface area contributed by atoms with E-state index in [4.69, 9.17) is 10.2 Å². The van der Waals surface area contributed by atoms with Crippen molar-refractivity contribution in [2.45, 2.75) is 32.2 Å². The number of hydrogen-bond donors (Lipinski definition) is 1. The van der Waals surface area contributed by atoms with Gasteiger partial charge in [-0.25, -0.2) is 0 Å². The first-order valence-corrected chi connectivity index (χ1v) is 5.26. The highest BCUT2D eigenvalue weighted by Crippen LogP contribution is 2.29. The van der Waals surface area contributed by atoms with Gasteiger partial charge in [0, 0.05) is 0 Å². The third kappa shape index (κ3) is 1.90. The Morgan fingerprint density at radius 3 is 2.93 bits per heavy atom. The van der Waals surface area contributed by atoms with Crippen LogP contribution in [0.15, 0.2) is 28.7 Å². The summed E-state index contributed by atoms with van der Waals surface area (Å²) < 4.78 is 5.54. The Morgan fingerprint density at radius 2 is 2.36 bits per heavy atom. The van der Waals surface area contributed by atoms with E-state index in [0.717, 1.165) is 11.5 Å². The van der Waals surface area contributed by atoms with Crippen LogP contribution in [0.4, 0.5) is 0 Å². The lowest BCUT2D eigenvalue weighted by Crippen LogP contribution is -2.20. The number of aryl methyl sites for hydroxylation is 1. The Balaban J connectivity index is 2.10. The number of allylic oxidation sites excluding steroid dienone is 1. The molecule has 0 aliphatic heterocycles. The molecule has 14 heavy (non-hydrogen) atoms. The molecule has 1 aromatic rings. The number of furan rings is 1. The number of nitrogens with two attached hydrogens (primary N) is 1. The smallest absolute Gasteiger partial charge is 0.121 e. The first-order valence-electron chi connectivity index (χ1n) is 5.26. The van der Waals surface area contributed by atoms with Gasteiger partial charge in [-0.3, -0.25) is 0 Å². The average molecular weight is 191 g/mol. The summed E-state index contributed by atoms with van der Waals surface area (Å²) in [6.45, 7) is 1.95. The van der Waals surface area contributed by atoms with E-state index in [1.807, 2.05) is 19.1 Å². The van der Waals surface area contributed by atoms with Crippen LogP contribution in [0.5, 0.6) is 0 Å². The Hall–Kier alpha value is -1.02. The number of rotatable bonds is 2. The maximum Gasteiger partial charge on any atom is 0.121 e. The highest BCUT2D eigenvalue weighted by Gasteiger charge is 2.20. The van der Waals surface area contributed by atoms with Crippen LogP contribution in [-0.2, 0) is 0 Å². The van der Waals surface area contributed by atoms with Crippen LogP contribution >= 0.6 is 0 Å². The minimum atomic E-state index is 0.0280. The minimum absolute atomic E-state index is 0.0280. The van der Waals surface area contributed by atoms with Gasteiger partial charge in [-0.1, -0.05) is 12.2 Å². The second-order valence-corrected chi connectivity index (χ2v) is 4.00. The first-order chi connectivity index (χ1) is 6.77. The molecule has 2 atom stereocenters. The Kier molecular flexibility index (Phi) is 2.73. The van der Waals surface area contributed by atoms with Crippen molar-refractivity contribution in [1.82, 2.24) is 0 Å². The molecule has 0 bridgehead atoms. The Morgan fingerprint density at radius 1 is 1.50 bits per heavy atom. The minimum Gasteiger partial charge on any atom is -0.465 e. The summed E-state index contributed by atoms with van der Waals surface area (Å²) in [6.07, 6.45) is 8.07. The third-order valence-corrected chi connectivity index (χ3v) is 2.84. The molecule has 0 radical (unpaired) electrons. The van der Waals surface area contributed by atoms with Crippen molar-refractivity contribution >= 4 is 0 Å². The molecule has 2 nitrogen and oxygen atoms in total. The summed E-state index contributed by atoms with van der Waals surface area (Å²) in [4.78, 5) is 0. The van der Waals surface area contributed by atoms with Crippen molar-refractivity contribution in [3.63, 3.8) is 0 Å². The molecule has 1 aromatic heterocycles. The van der Waals surface area contributed by atoms with Gasteiger partial charge in [0.2, 0.25) is 0 Å². The van der Waals surface area contributed by atoms with Gasteiger partial charge in [0.25, 0.3) is 0 Å². The SMILES string of the molecule is Cc1ccc(C(N)[C@@H]2C=CCCC2)o1. The molecule has 0 saturated carbocycles. The van der Waals surface area contributed by atoms with Crippen molar-refractivity contribution in [3.05, 3.63) is 35.8 Å². The van der Waals surface area contributed by atoms with Crippen molar-refractivity contribution in [3.8, 4) is 0 Å². The van der Waals surface area contributed by atoms with Crippen LogP contribution in [-0.4, -0.2) is 0 Å². The van der Waals surface area contributed by atoms with E-state index >= 15 is 0 Å². The van der Waals surface area contributed by atoms with Crippen molar-refractivity contribution in [1.29, 1.82) is 0 Å². The maximum atomic E-state index is 6.14. The lowest BCUT2D eigenvalue weighted by atomic mass is 9.89. The van der Waals surface area contributed by atoms with Gasteiger partial charge in [-0.05, 0) is 44.2 Å². The molecule has 1 unspecified atom stereocenters. The summed E-state index contributed by atoms with van der Waals surface area (Å²) in [5, 5.41) is 0.